The molecular weight excluding hydrogens is 330 g/mol. The maximum atomic E-state index is 11.7. The topological polar surface area (TPSA) is 80.3 Å². The van der Waals surface area contributed by atoms with Crippen molar-refractivity contribution < 1.29 is 23.9 Å². The summed E-state index contributed by atoms with van der Waals surface area (Å²) in [6.07, 6.45) is -0.377. The molecule has 0 aliphatic rings. The molecule has 1 N–H and O–H groups in total. The summed E-state index contributed by atoms with van der Waals surface area (Å²) < 4.78 is 13.0. The SMILES string of the molecule is CCOC(=O)CCN(CCOC)SN(C)C(=O)ONC(C)=S. The lowest BCUT2D eigenvalue weighted by molar-refractivity contribution is -0.143. The van der Waals surface area contributed by atoms with Gasteiger partial charge in [-0.1, -0.05) is 12.2 Å². The summed E-state index contributed by atoms with van der Waals surface area (Å²) in [6, 6.07) is 0. The zero-order valence-corrected chi connectivity index (χ0v) is 14.9. The molecule has 0 heterocycles. The van der Waals surface area contributed by atoms with E-state index in [0.717, 1.165) is 12.1 Å². The van der Waals surface area contributed by atoms with E-state index in [1.54, 1.807) is 28.0 Å². The molecule has 0 spiro atoms. The largest absolute Gasteiger partial charge is 0.466 e. The number of nitrogens with zero attached hydrogens (tertiary/aromatic N) is 2. The Bertz CT molecular complexity index is 371. The van der Waals surface area contributed by atoms with E-state index in [2.05, 4.69) is 5.48 Å². The van der Waals surface area contributed by atoms with Gasteiger partial charge in [0.05, 0.1) is 19.6 Å². The summed E-state index contributed by atoms with van der Waals surface area (Å²) >= 11 is 5.87. The highest BCUT2D eigenvalue weighted by Gasteiger charge is 2.17. The number of carbonyl (C=O) groups is 2. The van der Waals surface area contributed by atoms with Crippen LogP contribution in [0.1, 0.15) is 20.3 Å². The molecule has 0 aromatic carbocycles. The minimum atomic E-state index is -0.604. The lowest BCUT2D eigenvalue weighted by Crippen LogP contribution is -2.34. The highest BCUT2D eigenvalue weighted by atomic mass is 32.2. The first-order chi connectivity index (χ1) is 10.4. The third-order valence-electron chi connectivity index (χ3n) is 2.19. The fraction of sp³-hybridized carbons (Fsp3) is 0.750. The number of nitrogens with one attached hydrogen (secondary N) is 1. The average Bonchev–Trinajstić information content (AvgIpc) is 2.47. The van der Waals surface area contributed by atoms with Crippen LogP contribution in [0.4, 0.5) is 4.79 Å². The first-order valence-electron chi connectivity index (χ1n) is 6.69. The number of hydroxylamine groups is 1. The van der Waals surface area contributed by atoms with Gasteiger partial charge < -0.3 is 14.3 Å². The van der Waals surface area contributed by atoms with Crippen molar-refractivity contribution >= 4 is 41.4 Å². The van der Waals surface area contributed by atoms with Crippen molar-refractivity contribution in [3.05, 3.63) is 0 Å². The monoisotopic (exact) mass is 353 g/mol. The first-order valence-corrected chi connectivity index (χ1v) is 7.83. The van der Waals surface area contributed by atoms with Crippen LogP contribution in [0.3, 0.4) is 0 Å². The predicted octanol–water partition coefficient (Wildman–Crippen LogP) is 1.37. The van der Waals surface area contributed by atoms with Crippen molar-refractivity contribution in [1.29, 1.82) is 0 Å². The Kier molecular flexibility index (Phi) is 11.8. The second-order valence-electron chi connectivity index (χ2n) is 4.08. The molecule has 10 heteroatoms. The second-order valence-corrected chi connectivity index (χ2v) is 5.92. The summed E-state index contributed by atoms with van der Waals surface area (Å²) in [5, 5.41) is 0. The number of methoxy groups -OCH3 is 1. The normalized spacial score (nSPS) is 10.2. The van der Waals surface area contributed by atoms with Crippen LogP contribution in [0.5, 0.6) is 0 Å². The summed E-state index contributed by atoms with van der Waals surface area (Å²) in [5.41, 5.74) is 2.32. The molecule has 0 bridgehead atoms. The summed E-state index contributed by atoms with van der Waals surface area (Å²) in [6.45, 7) is 5.13. The van der Waals surface area contributed by atoms with E-state index in [1.807, 2.05) is 4.31 Å². The fourth-order valence-corrected chi connectivity index (χ4v) is 2.04. The molecule has 0 saturated heterocycles. The fourth-order valence-electron chi connectivity index (χ4n) is 1.22. The van der Waals surface area contributed by atoms with Gasteiger partial charge >= 0.3 is 12.1 Å². The average molecular weight is 353 g/mol. The summed E-state index contributed by atoms with van der Waals surface area (Å²) in [7, 11) is 3.13. The van der Waals surface area contributed by atoms with Crippen LogP contribution >= 0.6 is 24.4 Å². The van der Waals surface area contributed by atoms with Gasteiger partial charge in [-0.2, -0.15) is 0 Å². The molecule has 0 aliphatic heterocycles. The highest BCUT2D eigenvalue weighted by molar-refractivity contribution is 7.95. The highest BCUT2D eigenvalue weighted by Crippen LogP contribution is 2.15. The van der Waals surface area contributed by atoms with E-state index >= 15 is 0 Å². The molecule has 0 aromatic rings. The van der Waals surface area contributed by atoms with E-state index < -0.39 is 6.09 Å². The molecule has 0 rings (SSSR count). The number of hydrogen-bond acceptors (Lipinski definition) is 8. The summed E-state index contributed by atoms with van der Waals surface area (Å²) in [5.74, 6) is -0.284. The summed E-state index contributed by atoms with van der Waals surface area (Å²) in [4.78, 5) is 28.2. The van der Waals surface area contributed by atoms with Crippen molar-refractivity contribution in [1.82, 2.24) is 14.1 Å². The van der Waals surface area contributed by atoms with Gasteiger partial charge in [-0.25, -0.2) is 18.9 Å². The molecule has 1 amide bonds. The van der Waals surface area contributed by atoms with Gasteiger partial charge in [0.15, 0.2) is 0 Å². The van der Waals surface area contributed by atoms with E-state index in [1.165, 1.54) is 4.31 Å². The van der Waals surface area contributed by atoms with Crippen molar-refractivity contribution in [2.24, 2.45) is 0 Å². The van der Waals surface area contributed by atoms with Gasteiger partial charge in [0.25, 0.3) is 0 Å². The van der Waals surface area contributed by atoms with Gasteiger partial charge in [-0.3, -0.25) is 4.79 Å². The van der Waals surface area contributed by atoms with Crippen LogP contribution in [0.15, 0.2) is 0 Å². The Morgan fingerprint density at radius 3 is 2.55 bits per heavy atom. The molecule has 22 heavy (non-hydrogen) atoms. The zero-order chi connectivity index (χ0) is 17.0. The van der Waals surface area contributed by atoms with E-state index in [0.29, 0.717) is 31.3 Å². The zero-order valence-electron chi connectivity index (χ0n) is 13.3. The molecule has 0 saturated carbocycles. The van der Waals surface area contributed by atoms with Gasteiger partial charge in [0.2, 0.25) is 0 Å². The molecular formula is C12H23N3O5S2. The van der Waals surface area contributed by atoms with Crippen LogP contribution in [0.2, 0.25) is 0 Å². The minimum absolute atomic E-state index is 0.227. The molecule has 0 atom stereocenters. The molecule has 0 aliphatic carbocycles. The van der Waals surface area contributed by atoms with Gasteiger partial charge in [-0.05, 0) is 13.8 Å². The van der Waals surface area contributed by atoms with Crippen molar-refractivity contribution in [2.75, 3.05) is 40.5 Å². The van der Waals surface area contributed by atoms with Crippen molar-refractivity contribution in [3.63, 3.8) is 0 Å². The first kappa shape index (κ1) is 20.9. The number of rotatable bonds is 9. The maximum Gasteiger partial charge on any atom is 0.444 e. The Labute approximate surface area is 140 Å². The number of thiocarbonyl (C=S) groups is 1. The molecule has 0 fully saturated rings. The minimum Gasteiger partial charge on any atom is -0.466 e. The molecule has 0 unspecified atom stereocenters. The Morgan fingerprint density at radius 1 is 1.32 bits per heavy atom. The van der Waals surface area contributed by atoms with Gasteiger partial charge in [0.1, 0.15) is 4.99 Å². The number of esters is 1. The van der Waals surface area contributed by atoms with E-state index in [-0.39, 0.29) is 12.4 Å². The lowest BCUT2D eigenvalue weighted by atomic mass is 10.4. The van der Waals surface area contributed by atoms with Crippen molar-refractivity contribution in [2.45, 2.75) is 20.3 Å². The second kappa shape index (κ2) is 12.4. The number of amides is 1. The number of ether oxygens (including phenoxy) is 2. The molecule has 0 radical (unpaired) electrons. The van der Waals surface area contributed by atoms with Crippen molar-refractivity contribution in [3.8, 4) is 0 Å². The van der Waals surface area contributed by atoms with Gasteiger partial charge in [0, 0.05) is 39.4 Å². The third kappa shape index (κ3) is 10.6. The molecule has 8 nitrogen and oxygen atoms in total. The van der Waals surface area contributed by atoms with E-state index in [9.17, 15) is 9.59 Å². The number of carbonyl (C=O) groups excluding carboxylic acids is 2. The van der Waals surface area contributed by atoms with Gasteiger partial charge in [-0.15, -0.1) is 0 Å². The quantitative estimate of drug-likeness (QED) is 0.286. The van der Waals surface area contributed by atoms with Crippen LogP contribution in [-0.4, -0.2) is 66.1 Å². The molecule has 128 valence electrons. The smallest absolute Gasteiger partial charge is 0.444 e. The lowest BCUT2D eigenvalue weighted by Gasteiger charge is -2.24. The third-order valence-corrected chi connectivity index (χ3v) is 3.27. The predicted molar refractivity (Wildman–Crippen MR) is 87.9 cm³/mol. The Hall–Kier alpha value is -1.10. The standard InChI is InChI=1S/C12H23N3O5S2/c1-5-19-11(16)6-7-15(8-9-18-4)22-14(3)12(17)20-13-10(2)21/h5-9H2,1-4H3,(H,13,21). The van der Waals surface area contributed by atoms with E-state index in [4.69, 9.17) is 26.5 Å². The Morgan fingerprint density at radius 2 is 2.00 bits per heavy atom. The van der Waals surface area contributed by atoms with Crippen LogP contribution in [-0.2, 0) is 19.1 Å². The van der Waals surface area contributed by atoms with Crippen LogP contribution in [0.25, 0.3) is 0 Å². The van der Waals surface area contributed by atoms with Crippen LogP contribution < -0.4 is 5.48 Å². The maximum absolute atomic E-state index is 11.7. The number of hydrogen-bond donors (Lipinski definition) is 1. The Balaban J connectivity index is 4.33. The van der Waals surface area contributed by atoms with Crippen LogP contribution in [0, 0.1) is 0 Å². The molecule has 0 aromatic heterocycles.